The van der Waals surface area contributed by atoms with Gasteiger partial charge in [0.2, 0.25) is 0 Å². The van der Waals surface area contributed by atoms with Gasteiger partial charge in [-0.05, 0) is 77.8 Å². The molecule has 2 heterocycles. The minimum atomic E-state index is 0.0539. The molecule has 1 amide bonds. The maximum absolute atomic E-state index is 13.0. The highest BCUT2D eigenvalue weighted by Gasteiger charge is 2.37. The zero-order valence-electron chi connectivity index (χ0n) is 20.1. The Morgan fingerprint density at radius 1 is 0.903 bits per heavy atom. The third kappa shape index (κ3) is 4.61. The van der Waals surface area contributed by atoms with Crippen LogP contribution in [0.3, 0.4) is 0 Å². The van der Waals surface area contributed by atoms with Crippen LogP contribution >= 0.6 is 0 Å². The van der Waals surface area contributed by atoms with Gasteiger partial charge >= 0.3 is 0 Å². The van der Waals surface area contributed by atoms with Crippen LogP contribution in [0.2, 0.25) is 0 Å². The number of hydrogen-bond acceptors (Lipinski definition) is 2. The van der Waals surface area contributed by atoms with Gasteiger partial charge in [0.15, 0.2) is 5.76 Å². The molecule has 1 aromatic carbocycles. The predicted octanol–water partition coefficient (Wildman–Crippen LogP) is 6.93. The lowest BCUT2D eigenvalue weighted by Crippen LogP contribution is -2.34. The number of benzene rings is 1. The van der Waals surface area contributed by atoms with Crippen molar-refractivity contribution in [3.05, 3.63) is 58.0 Å². The Labute approximate surface area is 188 Å². The zero-order chi connectivity index (χ0) is 22.2. The number of hydrogen-bond donors (Lipinski definition) is 0. The van der Waals surface area contributed by atoms with Crippen molar-refractivity contribution in [1.29, 1.82) is 0 Å². The highest BCUT2D eigenvalue weighted by molar-refractivity contribution is 5.91. The number of amides is 1. The van der Waals surface area contributed by atoms with Crippen LogP contribution in [0.1, 0.15) is 111 Å². The molecule has 1 aliphatic heterocycles. The average Bonchev–Trinajstić information content (AvgIpc) is 3.15. The Kier molecular flexibility index (Phi) is 6.07. The summed E-state index contributed by atoms with van der Waals surface area (Å²) in [5, 5.41) is 0. The van der Waals surface area contributed by atoms with Crippen molar-refractivity contribution < 1.29 is 9.21 Å². The third-order valence-corrected chi connectivity index (χ3v) is 7.69. The number of aryl methyl sites for hydroxylation is 1. The first-order valence-electron chi connectivity index (χ1n) is 12.2. The Bertz CT molecular complexity index is 942. The number of rotatable bonds is 3. The maximum atomic E-state index is 13.0. The predicted molar refractivity (Wildman–Crippen MR) is 127 cm³/mol. The van der Waals surface area contributed by atoms with Gasteiger partial charge in [0.05, 0.1) is 0 Å². The fraction of sp³-hybridized carbons (Fsp3) is 0.607. The fourth-order valence-electron chi connectivity index (χ4n) is 5.34. The summed E-state index contributed by atoms with van der Waals surface area (Å²) in [5.74, 6) is 1.43. The molecule has 3 heteroatoms. The number of carbonyl (C=O) groups is 1. The van der Waals surface area contributed by atoms with Crippen molar-refractivity contribution in [3.63, 3.8) is 0 Å². The van der Waals surface area contributed by atoms with E-state index < -0.39 is 0 Å². The van der Waals surface area contributed by atoms with Gasteiger partial charge in [-0.2, -0.15) is 0 Å². The van der Waals surface area contributed by atoms with Crippen molar-refractivity contribution in [3.8, 4) is 0 Å². The van der Waals surface area contributed by atoms with Crippen LogP contribution in [0.25, 0.3) is 0 Å². The van der Waals surface area contributed by atoms with Crippen LogP contribution in [0.4, 0.5) is 0 Å². The van der Waals surface area contributed by atoms with Gasteiger partial charge in [-0.25, -0.2) is 0 Å². The van der Waals surface area contributed by atoms with E-state index in [2.05, 4.69) is 46.8 Å². The standard InChI is InChI=1S/C28H39NO2/c1-20-17-23-24(28(4,5)14-13-27(23,2)3)19-21(20)18-22-11-12-25(31-22)26(30)29-15-9-7-6-8-10-16-29/h11-12,17,19H,6-10,13-16,18H2,1-5H3. The monoisotopic (exact) mass is 421 g/mol. The molecule has 0 bridgehead atoms. The molecular weight excluding hydrogens is 382 g/mol. The average molecular weight is 422 g/mol. The highest BCUT2D eigenvalue weighted by atomic mass is 16.4. The van der Waals surface area contributed by atoms with Crippen molar-refractivity contribution >= 4 is 5.91 Å². The van der Waals surface area contributed by atoms with E-state index in [0.29, 0.717) is 5.76 Å². The lowest BCUT2D eigenvalue weighted by atomic mass is 9.62. The van der Waals surface area contributed by atoms with Crippen LogP contribution in [0, 0.1) is 6.92 Å². The minimum Gasteiger partial charge on any atom is -0.456 e. The SMILES string of the molecule is Cc1cc2c(cc1Cc1ccc(C(=O)N3CCCCCCC3)o1)C(C)(C)CCC2(C)C. The molecule has 31 heavy (non-hydrogen) atoms. The van der Waals surface area contributed by atoms with Gasteiger partial charge in [0.1, 0.15) is 5.76 Å². The summed E-state index contributed by atoms with van der Waals surface area (Å²) in [6, 6.07) is 8.68. The molecule has 0 atom stereocenters. The topological polar surface area (TPSA) is 33.5 Å². The van der Waals surface area contributed by atoms with E-state index in [1.54, 1.807) is 0 Å². The van der Waals surface area contributed by atoms with E-state index in [1.807, 2.05) is 17.0 Å². The summed E-state index contributed by atoms with van der Waals surface area (Å²) in [6.45, 7) is 13.4. The molecule has 1 fully saturated rings. The van der Waals surface area contributed by atoms with Gasteiger partial charge in [-0.15, -0.1) is 0 Å². The van der Waals surface area contributed by atoms with Crippen molar-refractivity contribution in [1.82, 2.24) is 4.90 Å². The molecule has 0 radical (unpaired) electrons. The van der Waals surface area contributed by atoms with Crippen molar-refractivity contribution in [2.24, 2.45) is 0 Å². The Morgan fingerprint density at radius 2 is 1.48 bits per heavy atom. The van der Waals surface area contributed by atoms with E-state index in [-0.39, 0.29) is 16.7 Å². The van der Waals surface area contributed by atoms with E-state index in [1.165, 1.54) is 54.4 Å². The largest absolute Gasteiger partial charge is 0.456 e. The summed E-state index contributed by atoms with van der Waals surface area (Å²) in [4.78, 5) is 15.0. The van der Waals surface area contributed by atoms with Gasteiger partial charge in [0, 0.05) is 19.5 Å². The van der Waals surface area contributed by atoms with E-state index >= 15 is 0 Å². The van der Waals surface area contributed by atoms with Crippen LogP contribution in [-0.2, 0) is 17.3 Å². The first kappa shape index (κ1) is 22.2. The van der Waals surface area contributed by atoms with E-state index in [9.17, 15) is 4.79 Å². The van der Waals surface area contributed by atoms with Crippen LogP contribution < -0.4 is 0 Å². The number of likely N-dealkylation sites (tertiary alicyclic amines) is 1. The summed E-state index contributed by atoms with van der Waals surface area (Å²) in [5.41, 5.74) is 6.03. The first-order valence-corrected chi connectivity index (χ1v) is 12.2. The second-order valence-corrected chi connectivity index (χ2v) is 11.1. The van der Waals surface area contributed by atoms with Crippen LogP contribution in [-0.4, -0.2) is 23.9 Å². The molecule has 1 aliphatic carbocycles. The molecular formula is C28H39NO2. The highest BCUT2D eigenvalue weighted by Crippen LogP contribution is 2.46. The molecule has 2 aliphatic rings. The van der Waals surface area contributed by atoms with Crippen molar-refractivity contribution in [2.45, 2.75) is 96.8 Å². The molecule has 0 N–H and O–H groups in total. The van der Waals surface area contributed by atoms with Crippen molar-refractivity contribution in [2.75, 3.05) is 13.1 Å². The lowest BCUT2D eigenvalue weighted by molar-refractivity contribution is 0.0708. The molecule has 0 unspecified atom stereocenters. The third-order valence-electron chi connectivity index (χ3n) is 7.69. The lowest BCUT2D eigenvalue weighted by Gasteiger charge is -2.42. The summed E-state index contributed by atoms with van der Waals surface area (Å²) in [6.07, 6.45) is 9.11. The summed E-state index contributed by atoms with van der Waals surface area (Å²) >= 11 is 0. The molecule has 2 aromatic rings. The summed E-state index contributed by atoms with van der Waals surface area (Å²) in [7, 11) is 0. The van der Waals surface area contributed by atoms with E-state index in [4.69, 9.17) is 4.42 Å². The first-order chi connectivity index (χ1) is 14.7. The molecule has 1 aromatic heterocycles. The second kappa shape index (κ2) is 8.48. The molecule has 4 rings (SSSR count). The van der Waals surface area contributed by atoms with E-state index in [0.717, 1.165) is 38.1 Å². The molecule has 1 saturated heterocycles. The van der Waals surface area contributed by atoms with Gasteiger partial charge in [-0.3, -0.25) is 4.79 Å². The van der Waals surface area contributed by atoms with Crippen LogP contribution in [0.15, 0.2) is 28.7 Å². The Hall–Kier alpha value is -2.03. The number of carbonyl (C=O) groups excluding carboxylic acids is 1. The number of nitrogens with zero attached hydrogens (tertiary/aromatic N) is 1. The normalized spacial score (nSPS) is 20.6. The quantitative estimate of drug-likeness (QED) is 0.538. The van der Waals surface area contributed by atoms with Crippen LogP contribution in [0.5, 0.6) is 0 Å². The number of furan rings is 1. The molecule has 0 saturated carbocycles. The van der Waals surface area contributed by atoms with Gasteiger partial charge in [-0.1, -0.05) is 59.1 Å². The minimum absolute atomic E-state index is 0.0539. The summed E-state index contributed by atoms with van der Waals surface area (Å²) < 4.78 is 6.08. The smallest absolute Gasteiger partial charge is 0.289 e. The fourth-order valence-corrected chi connectivity index (χ4v) is 5.34. The van der Waals surface area contributed by atoms with Gasteiger partial charge in [0.25, 0.3) is 5.91 Å². The zero-order valence-corrected chi connectivity index (χ0v) is 20.1. The Balaban J connectivity index is 1.55. The molecule has 3 nitrogen and oxygen atoms in total. The van der Waals surface area contributed by atoms with Gasteiger partial charge < -0.3 is 9.32 Å². The molecule has 168 valence electrons. The molecule has 0 spiro atoms. The Morgan fingerprint density at radius 3 is 2.13 bits per heavy atom. The maximum Gasteiger partial charge on any atom is 0.289 e. The second-order valence-electron chi connectivity index (χ2n) is 11.1. The number of fused-ring (bicyclic) bond motifs is 1.